The number of thioether (sulfide) groups is 1. The third kappa shape index (κ3) is 3.98. The lowest BCUT2D eigenvalue weighted by Gasteiger charge is -2.15. The summed E-state index contributed by atoms with van der Waals surface area (Å²) in [7, 11) is 0. The number of aromatic nitrogens is 2. The van der Waals surface area contributed by atoms with Gasteiger partial charge in [0.2, 0.25) is 16.9 Å². The third-order valence-corrected chi connectivity index (χ3v) is 5.95. The fraction of sp³-hybridized carbons (Fsp3) is 0.714. The Morgan fingerprint density at radius 1 is 1.36 bits per heavy atom. The van der Waals surface area contributed by atoms with Crippen LogP contribution in [-0.4, -0.2) is 39.8 Å². The van der Waals surface area contributed by atoms with Crippen molar-refractivity contribution >= 4 is 40.0 Å². The highest BCUT2D eigenvalue weighted by atomic mass is 32.2. The standard InChI is InChI=1S/C14H20N4O2S2/c1-8(10-3-4-10)15-12(20)7-21-14-17-16-13(22-14)18(9(2)19)11-5-6-11/h8,10-11H,3-7H2,1-2H3,(H,15,20). The fourth-order valence-electron chi connectivity index (χ4n) is 2.38. The summed E-state index contributed by atoms with van der Waals surface area (Å²) < 4.78 is 0.733. The van der Waals surface area contributed by atoms with Crippen molar-refractivity contribution in [2.45, 2.75) is 56.0 Å². The highest BCUT2D eigenvalue weighted by molar-refractivity contribution is 8.01. The van der Waals surface area contributed by atoms with Gasteiger partial charge in [-0.15, -0.1) is 10.2 Å². The number of nitrogens with zero attached hydrogens (tertiary/aromatic N) is 3. The summed E-state index contributed by atoms with van der Waals surface area (Å²) in [5.41, 5.74) is 0. The molecule has 2 aliphatic rings. The first kappa shape index (κ1) is 15.7. The third-order valence-electron chi connectivity index (χ3n) is 3.90. The van der Waals surface area contributed by atoms with E-state index in [1.807, 2.05) is 0 Å². The molecule has 2 fully saturated rings. The quantitative estimate of drug-likeness (QED) is 0.607. The molecule has 2 amide bonds. The van der Waals surface area contributed by atoms with Gasteiger partial charge in [-0.1, -0.05) is 23.1 Å². The molecule has 1 N–H and O–H groups in total. The van der Waals surface area contributed by atoms with E-state index in [0.717, 1.165) is 17.2 Å². The number of carbonyl (C=O) groups is 2. The molecule has 0 aliphatic heterocycles. The lowest BCUT2D eigenvalue weighted by molar-refractivity contribution is -0.119. The molecule has 1 heterocycles. The van der Waals surface area contributed by atoms with Crippen LogP contribution in [0.1, 0.15) is 39.5 Å². The topological polar surface area (TPSA) is 75.2 Å². The van der Waals surface area contributed by atoms with Gasteiger partial charge in [0.05, 0.1) is 5.75 Å². The number of hydrogen-bond donors (Lipinski definition) is 1. The zero-order valence-electron chi connectivity index (χ0n) is 12.7. The predicted molar refractivity (Wildman–Crippen MR) is 87.1 cm³/mol. The summed E-state index contributed by atoms with van der Waals surface area (Å²) >= 11 is 2.76. The minimum Gasteiger partial charge on any atom is -0.353 e. The lowest BCUT2D eigenvalue weighted by Crippen LogP contribution is -2.35. The summed E-state index contributed by atoms with van der Waals surface area (Å²) in [6.45, 7) is 3.61. The van der Waals surface area contributed by atoms with Crippen molar-refractivity contribution in [1.29, 1.82) is 0 Å². The van der Waals surface area contributed by atoms with Gasteiger partial charge in [-0.3, -0.25) is 14.5 Å². The lowest BCUT2D eigenvalue weighted by atomic mass is 10.2. The highest BCUT2D eigenvalue weighted by Gasteiger charge is 2.34. The van der Waals surface area contributed by atoms with Gasteiger partial charge in [0, 0.05) is 19.0 Å². The second-order valence-electron chi connectivity index (χ2n) is 5.95. The van der Waals surface area contributed by atoms with Crippen molar-refractivity contribution in [1.82, 2.24) is 15.5 Å². The first-order valence-corrected chi connectivity index (χ1v) is 9.40. The maximum Gasteiger partial charge on any atom is 0.230 e. The normalized spacial score (nSPS) is 18.8. The maximum absolute atomic E-state index is 11.9. The van der Waals surface area contributed by atoms with Crippen LogP contribution < -0.4 is 10.2 Å². The molecular weight excluding hydrogens is 320 g/mol. The molecule has 120 valence electrons. The molecule has 22 heavy (non-hydrogen) atoms. The van der Waals surface area contributed by atoms with Gasteiger partial charge < -0.3 is 5.32 Å². The van der Waals surface area contributed by atoms with Crippen molar-refractivity contribution in [2.75, 3.05) is 10.7 Å². The Morgan fingerprint density at radius 3 is 2.68 bits per heavy atom. The van der Waals surface area contributed by atoms with Crippen LogP contribution in [0, 0.1) is 5.92 Å². The SMILES string of the molecule is CC(=O)N(c1nnc(SCC(=O)NC(C)C2CC2)s1)C1CC1. The minimum absolute atomic E-state index is 0.00574. The van der Waals surface area contributed by atoms with Gasteiger partial charge >= 0.3 is 0 Å². The molecule has 0 saturated heterocycles. The molecule has 1 unspecified atom stereocenters. The summed E-state index contributed by atoms with van der Waals surface area (Å²) in [5.74, 6) is 1.04. The van der Waals surface area contributed by atoms with Gasteiger partial charge in [-0.2, -0.15) is 0 Å². The van der Waals surface area contributed by atoms with Crippen molar-refractivity contribution < 1.29 is 9.59 Å². The van der Waals surface area contributed by atoms with E-state index >= 15 is 0 Å². The summed E-state index contributed by atoms with van der Waals surface area (Å²) in [5, 5.41) is 11.8. The van der Waals surface area contributed by atoms with Gasteiger partial charge in [0.1, 0.15) is 0 Å². The van der Waals surface area contributed by atoms with Crippen molar-refractivity contribution in [3.8, 4) is 0 Å². The van der Waals surface area contributed by atoms with E-state index < -0.39 is 0 Å². The molecule has 0 bridgehead atoms. The number of carbonyl (C=O) groups excluding carboxylic acids is 2. The molecule has 8 heteroatoms. The molecular formula is C14H20N4O2S2. The molecule has 6 nitrogen and oxygen atoms in total. The number of amides is 2. The van der Waals surface area contributed by atoms with Crippen LogP contribution >= 0.6 is 23.1 Å². The van der Waals surface area contributed by atoms with Gasteiger partial charge in [0.15, 0.2) is 4.34 Å². The van der Waals surface area contributed by atoms with Crippen molar-refractivity contribution in [3.05, 3.63) is 0 Å². The first-order chi connectivity index (χ1) is 10.5. The Bertz CT molecular complexity index is 569. The minimum atomic E-state index is 0.00574. The van der Waals surface area contributed by atoms with Crippen LogP contribution in [0.4, 0.5) is 5.13 Å². The van der Waals surface area contributed by atoms with Crippen LogP contribution in [0.25, 0.3) is 0 Å². The summed E-state index contributed by atoms with van der Waals surface area (Å²) in [6.07, 6.45) is 4.50. The van der Waals surface area contributed by atoms with E-state index in [2.05, 4.69) is 22.4 Å². The Morgan fingerprint density at radius 2 is 2.09 bits per heavy atom. The van der Waals surface area contributed by atoms with Crippen LogP contribution in [-0.2, 0) is 9.59 Å². The molecule has 3 rings (SSSR count). The van der Waals surface area contributed by atoms with Crippen molar-refractivity contribution in [2.24, 2.45) is 5.92 Å². The summed E-state index contributed by atoms with van der Waals surface area (Å²) in [6, 6.07) is 0.548. The Balaban J connectivity index is 1.50. The molecule has 1 aromatic rings. The van der Waals surface area contributed by atoms with Gasteiger partial charge in [-0.25, -0.2) is 0 Å². The smallest absolute Gasteiger partial charge is 0.230 e. The Labute approximate surface area is 138 Å². The van der Waals surface area contributed by atoms with E-state index in [1.54, 1.807) is 11.8 Å². The largest absolute Gasteiger partial charge is 0.353 e. The molecule has 1 atom stereocenters. The van der Waals surface area contributed by atoms with E-state index in [0.29, 0.717) is 16.8 Å². The number of hydrogen-bond acceptors (Lipinski definition) is 6. The Kier molecular flexibility index (Phi) is 4.67. The molecule has 0 radical (unpaired) electrons. The van der Waals surface area contributed by atoms with Crippen LogP contribution in [0.15, 0.2) is 4.34 Å². The van der Waals surface area contributed by atoms with Crippen LogP contribution in [0.2, 0.25) is 0 Å². The second kappa shape index (κ2) is 6.54. The van der Waals surface area contributed by atoms with Crippen molar-refractivity contribution in [3.63, 3.8) is 0 Å². The van der Waals surface area contributed by atoms with E-state index in [1.165, 1.54) is 35.9 Å². The Hall–Kier alpha value is -1.15. The molecule has 0 spiro atoms. The molecule has 0 aromatic carbocycles. The average molecular weight is 340 g/mol. The predicted octanol–water partition coefficient (Wildman–Crippen LogP) is 2.06. The van der Waals surface area contributed by atoms with E-state index in [9.17, 15) is 9.59 Å². The zero-order valence-corrected chi connectivity index (χ0v) is 14.4. The monoisotopic (exact) mass is 340 g/mol. The molecule has 2 aliphatic carbocycles. The molecule has 2 saturated carbocycles. The number of rotatable bonds is 7. The van der Waals surface area contributed by atoms with Gasteiger partial charge in [-0.05, 0) is 38.5 Å². The first-order valence-electron chi connectivity index (χ1n) is 7.60. The maximum atomic E-state index is 11.9. The average Bonchev–Trinajstić information content (AvgIpc) is 3.35. The fourth-order valence-corrected chi connectivity index (χ4v) is 4.14. The van der Waals surface area contributed by atoms with E-state index in [4.69, 9.17) is 0 Å². The highest BCUT2D eigenvalue weighted by Crippen LogP contribution is 2.36. The van der Waals surface area contributed by atoms with E-state index in [-0.39, 0.29) is 23.9 Å². The second-order valence-corrected chi connectivity index (χ2v) is 8.13. The van der Waals surface area contributed by atoms with Crippen LogP contribution in [0.3, 0.4) is 0 Å². The summed E-state index contributed by atoms with van der Waals surface area (Å²) in [4.78, 5) is 25.3. The van der Waals surface area contributed by atoms with Crippen LogP contribution in [0.5, 0.6) is 0 Å². The van der Waals surface area contributed by atoms with Gasteiger partial charge in [0.25, 0.3) is 0 Å². The zero-order chi connectivity index (χ0) is 15.7. The molecule has 1 aromatic heterocycles. The number of nitrogens with one attached hydrogen (secondary N) is 1. The number of anilines is 1.